The van der Waals surface area contributed by atoms with E-state index in [2.05, 4.69) is 21.2 Å². The molecule has 4 aliphatic rings. The number of ether oxygens (including phenoxy) is 1. The number of furan rings is 1. The third kappa shape index (κ3) is 4.20. The quantitative estimate of drug-likeness (QED) is 0.368. The molecule has 0 aliphatic heterocycles. The van der Waals surface area contributed by atoms with Crippen molar-refractivity contribution in [3.8, 4) is 17.3 Å². The van der Waals surface area contributed by atoms with Gasteiger partial charge in [0.25, 0.3) is 0 Å². The van der Waals surface area contributed by atoms with Crippen LogP contribution in [0.4, 0.5) is 0 Å². The van der Waals surface area contributed by atoms with Gasteiger partial charge >= 0.3 is 0 Å². The van der Waals surface area contributed by atoms with Gasteiger partial charge in [-0.1, -0.05) is 23.9 Å². The first-order valence-corrected chi connectivity index (χ1v) is 13.3. The van der Waals surface area contributed by atoms with Crippen LogP contribution in [0.3, 0.4) is 0 Å². The van der Waals surface area contributed by atoms with Crippen LogP contribution in [-0.2, 0) is 11.3 Å². The van der Waals surface area contributed by atoms with Gasteiger partial charge in [0.2, 0.25) is 16.9 Å². The highest BCUT2D eigenvalue weighted by Gasteiger charge is 2.54. The summed E-state index contributed by atoms with van der Waals surface area (Å²) in [4.78, 5) is 16.1. The van der Waals surface area contributed by atoms with Crippen molar-refractivity contribution in [3.63, 3.8) is 0 Å². The summed E-state index contributed by atoms with van der Waals surface area (Å²) in [6.07, 6.45) is 8.94. The standard InChI is InChI=1S/C26H31N5O3S/c1-33-21-5-2-4-17(11-21)15-30(26-12-18-8-19(13-26)10-20(9-18)14-26)23(32)16-35-25-29-28-24(31(25)27)22-6-3-7-34-22/h2-7,11,18-20H,8-10,12-16,27H2,1H3. The van der Waals surface area contributed by atoms with Crippen molar-refractivity contribution in [2.45, 2.75) is 55.8 Å². The zero-order chi connectivity index (χ0) is 24.0. The van der Waals surface area contributed by atoms with Gasteiger partial charge in [-0.3, -0.25) is 4.79 Å². The summed E-state index contributed by atoms with van der Waals surface area (Å²) < 4.78 is 12.2. The fraction of sp³-hybridized carbons (Fsp3) is 0.500. The number of hydrogen-bond donors (Lipinski definition) is 1. The number of aromatic nitrogens is 3. The summed E-state index contributed by atoms with van der Waals surface area (Å²) in [5, 5.41) is 8.86. The Bertz CT molecular complexity index is 1170. The molecule has 2 N–H and O–H groups in total. The topological polar surface area (TPSA) is 99.4 Å². The molecular weight excluding hydrogens is 462 g/mol. The maximum absolute atomic E-state index is 13.9. The summed E-state index contributed by atoms with van der Waals surface area (Å²) in [5.74, 6) is 10.7. The lowest BCUT2D eigenvalue weighted by Gasteiger charge is -2.60. The Kier molecular flexibility index (Phi) is 5.75. The lowest BCUT2D eigenvalue weighted by molar-refractivity contribution is -0.149. The Morgan fingerprint density at radius 2 is 1.91 bits per heavy atom. The predicted molar refractivity (Wildman–Crippen MR) is 133 cm³/mol. The molecule has 7 rings (SSSR count). The van der Waals surface area contributed by atoms with Gasteiger partial charge in [-0.2, -0.15) is 0 Å². The van der Waals surface area contributed by atoms with E-state index in [4.69, 9.17) is 15.0 Å². The van der Waals surface area contributed by atoms with E-state index in [0.29, 0.717) is 23.3 Å². The summed E-state index contributed by atoms with van der Waals surface area (Å²) in [6, 6.07) is 11.6. The van der Waals surface area contributed by atoms with Crippen molar-refractivity contribution in [1.82, 2.24) is 19.8 Å². The van der Waals surface area contributed by atoms with Gasteiger partial charge < -0.3 is 19.9 Å². The van der Waals surface area contributed by atoms with Crippen LogP contribution in [-0.4, -0.2) is 44.1 Å². The molecule has 184 valence electrons. The van der Waals surface area contributed by atoms with E-state index >= 15 is 0 Å². The minimum absolute atomic E-state index is 0.0504. The second-order valence-corrected chi connectivity index (χ2v) is 11.4. The van der Waals surface area contributed by atoms with E-state index in [1.165, 1.54) is 35.7 Å². The van der Waals surface area contributed by atoms with Gasteiger partial charge in [0.15, 0.2) is 5.76 Å². The Balaban J connectivity index is 1.25. The van der Waals surface area contributed by atoms with Crippen molar-refractivity contribution in [1.29, 1.82) is 0 Å². The minimum Gasteiger partial charge on any atom is -0.497 e. The number of benzene rings is 1. The monoisotopic (exact) mass is 493 g/mol. The average Bonchev–Trinajstić information content (AvgIpc) is 3.50. The second kappa shape index (κ2) is 8.93. The number of methoxy groups -OCH3 is 1. The average molecular weight is 494 g/mol. The van der Waals surface area contributed by atoms with Crippen molar-refractivity contribution in [3.05, 3.63) is 48.2 Å². The highest BCUT2D eigenvalue weighted by atomic mass is 32.2. The van der Waals surface area contributed by atoms with Gasteiger partial charge in [-0.25, -0.2) is 4.68 Å². The second-order valence-electron chi connectivity index (χ2n) is 10.4. The molecule has 0 spiro atoms. The van der Waals surface area contributed by atoms with Crippen molar-refractivity contribution in [2.75, 3.05) is 18.7 Å². The molecule has 0 unspecified atom stereocenters. The third-order valence-electron chi connectivity index (χ3n) is 8.09. The first-order valence-electron chi connectivity index (χ1n) is 12.3. The van der Waals surface area contributed by atoms with Crippen LogP contribution in [0.15, 0.2) is 52.2 Å². The van der Waals surface area contributed by atoms with E-state index in [-0.39, 0.29) is 17.2 Å². The Morgan fingerprint density at radius 1 is 1.17 bits per heavy atom. The number of rotatable bonds is 8. The molecular formula is C26H31N5O3S. The molecule has 2 aromatic heterocycles. The highest BCUT2D eigenvalue weighted by Crippen LogP contribution is 2.58. The maximum Gasteiger partial charge on any atom is 0.233 e. The molecule has 1 aromatic carbocycles. The maximum atomic E-state index is 13.9. The Labute approximate surface area is 209 Å². The summed E-state index contributed by atoms with van der Waals surface area (Å²) >= 11 is 1.33. The number of nitrogen functional groups attached to an aromatic ring is 1. The lowest BCUT2D eigenvalue weighted by atomic mass is 9.52. The molecule has 0 radical (unpaired) electrons. The fourth-order valence-corrected chi connectivity index (χ4v) is 7.76. The van der Waals surface area contributed by atoms with Gasteiger partial charge in [0.05, 0.1) is 19.1 Å². The number of amides is 1. The number of hydrogen-bond acceptors (Lipinski definition) is 7. The molecule has 0 saturated heterocycles. The van der Waals surface area contributed by atoms with Crippen LogP contribution in [0.1, 0.15) is 44.1 Å². The van der Waals surface area contributed by atoms with Crippen LogP contribution in [0, 0.1) is 17.8 Å². The summed E-state index contributed by atoms with van der Waals surface area (Å²) in [6.45, 7) is 0.593. The van der Waals surface area contributed by atoms with Crippen LogP contribution in [0.5, 0.6) is 5.75 Å². The van der Waals surface area contributed by atoms with Crippen LogP contribution in [0.2, 0.25) is 0 Å². The normalized spacial score (nSPS) is 26.7. The number of nitrogens with zero attached hydrogens (tertiary/aromatic N) is 4. The number of carbonyl (C=O) groups excluding carboxylic acids is 1. The minimum atomic E-state index is -0.0504. The van der Waals surface area contributed by atoms with Gasteiger partial charge in [0, 0.05) is 12.1 Å². The zero-order valence-electron chi connectivity index (χ0n) is 19.9. The highest BCUT2D eigenvalue weighted by molar-refractivity contribution is 7.99. The first-order chi connectivity index (χ1) is 17.0. The van der Waals surface area contributed by atoms with E-state index < -0.39 is 0 Å². The lowest BCUT2D eigenvalue weighted by Crippen LogP contribution is -2.61. The molecule has 4 bridgehead atoms. The molecule has 1 amide bonds. The molecule has 8 nitrogen and oxygen atoms in total. The fourth-order valence-electron chi connectivity index (χ4n) is 7.02. The van der Waals surface area contributed by atoms with Gasteiger partial charge in [0.1, 0.15) is 5.75 Å². The van der Waals surface area contributed by atoms with Crippen molar-refractivity contribution >= 4 is 17.7 Å². The van der Waals surface area contributed by atoms with Crippen LogP contribution >= 0.6 is 11.8 Å². The van der Waals surface area contributed by atoms with Crippen molar-refractivity contribution < 1.29 is 13.9 Å². The predicted octanol–water partition coefficient (Wildman–Crippen LogP) is 4.35. The smallest absolute Gasteiger partial charge is 0.233 e. The van der Waals surface area contributed by atoms with Crippen molar-refractivity contribution in [2.24, 2.45) is 17.8 Å². The Hall–Kier alpha value is -2.94. The van der Waals surface area contributed by atoms with E-state index in [9.17, 15) is 4.79 Å². The summed E-state index contributed by atoms with van der Waals surface area (Å²) in [5.41, 5.74) is 1.05. The number of thioether (sulfide) groups is 1. The number of carbonyl (C=O) groups is 1. The zero-order valence-corrected chi connectivity index (χ0v) is 20.7. The molecule has 2 heterocycles. The third-order valence-corrected chi connectivity index (χ3v) is 9.01. The van der Waals surface area contributed by atoms with E-state index in [1.54, 1.807) is 25.5 Å². The Morgan fingerprint density at radius 3 is 2.57 bits per heavy atom. The first kappa shape index (κ1) is 22.5. The molecule has 9 heteroatoms. The number of nitrogens with two attached hydrogens (primary N) is 1. The van der Waals surface area contributed by atoms with Gasteiger partial charge in [-0.15, -0.1) is 10.2 Å². The van der Waals surface area contributed by atoms with E-state index in [1.807, 2.05) is 18.2 Å². The molecule has 35 heavy (non-hydrogen) atoms. The largest absolute Gasteiger partial charge is 0.497 e. The summed E-state index contributed by atoms with van der Waals surface area (Å²) in [7, 11) is 1.68. The van der Waals surface area contributed by atoms with E-state index in [0.717, 1.165) is 48.3 Å². The van der Waals surface area contributed by atoms with Crippen LogP contribution in [0.25, 0.3) is 11.6 Å². The molecule has 4 saturated carbocycles. The molecule has 3 aromatic rings. The van der Waals surface area contributed by atoms with Gasteiger partial charge in [-0.05, 0) is 86.1 Å². The SMILES string of the molecule is COc1cccc(CN(C(=O)CSc2nnc(-c3ccco3)n2N)C23CC4CC(CC(C4)C2)C3)c1. The molecule has 4 fully saturated rings. The molecule has 4 aliphatic carbocycles. The molecule has 0 atom stereocenters. The van der Waals surface area contributed by atoms with Crippen LogP contribution < -0.4 is 10.6 Å².